The van der Waals surface area contributed by atoms with Crippen LogP contribution in [0.15, 0.2) is 0 Å². The van der Waals surface area contributed by atoms with Crippen LogP contribution in [0.3, 0.4) is 0 Å². The summed E-state index contributed by atoms with van der Waals surface area (Å²) in [5.74, 6) is -14.2. The lowest BCUT2D eigenvalue weighted by Crippen LogP contribution is -2.68. The second-order valence-corrected chi connectivity index (χ2v) is 7.49. The molecule has 2 unspecified atom stereocenters. The summed E-state index contributed by atoms with van der Waals surface area (Å²) in [4.78, 5) is 0. The molecular formula is C10H10F11I. The smallest absolute Gasteiger partial charge is 0.227 e. The van der Waals surface area contributed by atoms with E-state index in [0.717, 1.165) is 36.4 Å². The van der Waals surface area contributed by atoms with Gasteiger partial charge >= 0.3 is 24.2 Å². The molecule has 134 valence electrons. The lowest BCUT2D eigenvalue weighted by molar-refractivity contribution is -0.412. The average Bonchev–Trinajstić information content (AvgIpc) is 2.24. The van der Waals surface area contributed by atoms with Gasteiger partial charge in [0.1, 0.15) is 0 Å². The fourth-order valence-corrected chi connectivity index (χ4v) is 1.97. The zero-order chi connectivity index (χ0) is 18.4. The van der Waals surface area contributed by atoms with E-state index in [9.17, 15) is 48.3 Å². The third kappa shape index (κ3) is 3.55. The number of halogens is 12. The SMILES string of the molecule is CCC(C)(I)CC(F)(C(F)(F)F)C(F)(F)C(F)(F)C(F)(F)F. The van der Waals surface area contributed by atoms with Crippen LogP contribution in [0.4, 0.5) is 48.3 Å². The largest absolute Gasteiger partial charge is 0.460 e. The van der Waals surface area contributed by atoms with Gasteiger partial charge in [-0.3, -0.25) is 0 Å². The van der Waals surface area contributed by atoms with Gasteiger partial charge in [-0.1, -0.05) is 36.4 Å². The highest BCUT2D eigenvalue weighted by molar-refractivity contribution is 14.1. The van der Waals surface area contributed by atoms with E-state index in [2.05, 4.69) is 0 Å². The Labute approximate surface area is 131 Å². The monoisotopic (exact) mass is 466 g/mol. The average molecular weight is 466 g/mol. The van der Waals surface area contributed by atoms with Crippen molar-refractivity contribution in [3.05, 3.63) is 0 Å². The molecule has 0 fully saturated rings. The van der Waals surface area contributed by atoms with E-state index in [0.29, 0.717) is 0 Å². The highest BCUT2D eigenvalue weighted by atomic mass is 127. The maximum atomic E-state index is 13.9. The van der Waals surface area contributed by atoms with Crippen molar-refractivity contribution >= 4 is 22.6 Å². The summed E-state index contributed by atoms with van der Waals surface area (Å²) in [7, 11) is 0. The summed E-state index contributed by atoms with van der Waals surface area (Å²) in [6.07, 6.45) is -16.3. The van der Waals surface area contributed by atoms with Crippen LogP contribution in [0.5, 0.6) is 0 Å². The summed E-state index contributed by atoms with van der Waals surface area (Å²) in [6, 6.07) is 0. The van der Waals surface area contributed by atoms with Crippen molar-refractivity contribution in [3.8, 4) is 0 Å². The number of hydrogen-bond donors (Lipinski definition) is 0. The van der Waals surface area contributed by atoms with E-state index in [1.54, 1.807) is 0 Å². The van der Waals surface area contributed by atoms with Crippen LogP contribution < -0.4 is 0 Å². The fourth-order valence-electron chi connectivity index (χ4n) is 1.45. The molecule has 0 saturated carbocycles. The molecule has 0 bridgehead atoms. The summed E-state index contributed by atoms with van der Waals surface area (Å²) < 4.78 is 138. The summed E-state index contributed by atoms with van der Waals surface area (Å²) in [5.41, 5.74) is -6.05. The molecule has 0 amide bonds. The molecule has 0 aromatic carbocycles. The molecule has 0 rings (SSSR count). The van der Waals surface area contributed by atoms with Crippen molar-refractivity contribution in [2.75, 3.05) is 0 Å². The molecule has 0 aromatic rings. The first-order valence-electron chi connectivity index (χ1n) is 5.54. The van der Waals surface area contributed by atoms with Gasteiger partial charge in [0.15, 0.2) is 0 Å². The van der Waals surface area contributed by atoms with Crippen LogP contribution in [-0.4, -0.2) is 33.3 Å². The van der Waals surface area contributed by atoms with Crippen LogP contribution >= 0.6 is 22.6 Å². The predicted octanol–water partition coefficient (Wildman–Crippen LogP) is 6.08. The third-order valence-electron chi connectivity index (χ3n) is 3.05. The molecule has 0 radical (unpaired) electrons. The van der Waals surface area contributed by atoms with Gasteiger partial charge in [0.2, 0.25) is 0 Å². The Morgan fingerprint density at radius 1 is 0.682 bits per heavy atom. The van der Waals surface area contributed by atoms with Crippen molar-refractivity contribution in [3.63, 3.8) is 0 Å². The van der Waals surface area contributed by atoms with Crippen molar-refractivity contribution in [1.82, 2.24) is 0 Å². The van der Waals surface area contributed by atoms with Gasteiger partial charge in [0.05, 0.1) is 0 Å². The van der Waals surface area contributed by atoms with Gasteiger partial charge < -0.3 is 0 Å². The predicted molar refractivity (Wildman–Crippen MR) is 63.2 cm³/mol. The minimum Gasteiger partial charge on any atom is -0.227 e. The van der Waals surface area contributed by atoms with Gasteiger partial charge in [-0.15, -0.1) is 0 Å². The Morgan fingerprint density at radius 2 is 1.05 bits per heavy atom. The highest BCUT2D eigenvalue weighted by Crippen LogP contribution is 2.60. The maximum absolute atomic E-state index is 13.9. The Balaban J connectivity index is 6.24. The second-order valence-electron chi connectivity index (χ2n) is 4.89. The molecular weight excluding hydrogens is 456 g/mol. The topological polar surface area (TPSA) is 0 Å². The minimum atomic E-state index is -7.19. The van der Waals surface area contributed by atoms with E-state index in [1.807, 2.05) is 0 Å². The highest BCUT2D eigenvalue weighted by Gasteiger charge is 2.86. The van der Waals surface area contributed by atoms with Crippen molar-refractivity contribution in [2.45, 2.75) is 60.0 Å². The Bertz CT molecular complexity index is 395. The van der Waals surface area contributed by atoms with Gasteiger partial charge in [-0.2, -0.15) is 43.9 Å². The maximum Gasteiger partial charge on any atom is 0.460 e. The quantitative estimate of drug-likeness (QED) is 0.262. The zero-order valence-electron chi connectivity index (χ0n) is 10.9. The van der Waals surface area contributed by atoms with Gasteiger partial charge in [-0.05, 0) is 6.42 Å². The molecule has 12 heteroatoms. The minimum absolute atomic E-state index is 0.372. The first-order valence-corrected chi connectivity index (χ1v) is 6.61. The van der Waals surface area contributed by atoms with Crippen LogP contribution in [-0.2, 0) is 0 Å². The second kappa shape index (κ2) is 5.80. The van der Waals surface area contributed by atoms with Crippen molar-refractivity contribution in [2.24, 2.45) is 0 Å². The lowest BCUT2D eigenvalue weighted by atomic mass is 9.82. The van der Waals surface area contributed by atoms with Crippen LogP contribution in [0.2, 0.25) is 0 Å². The molecule has 0 aromatic heterocycles. The van der Waals surface area contributed by atoms with E-state index in [4.69, 9.17) is 0 Å². The molecule has 0 aliphatic heterocycles. The number of alkyl halides is 12. The first-order chi connectivity index (χ1) is 9.27. The fraction of sp³-hybridized carbons (Fsp3) is 1.00. The Kier molecular flexibility index (Phi) is 5.78. The van der Waals surface area contributed by atoms with E-state index < -0.39 is 39.7 Å². The molecule has 0 N–H and O–H groups in total. The first kappa shape index (κ1) is 22.0. The lowest BCUT2D eigenvalue weighted by Gasteiger charge is -2.42. The standard InChI is InChI=1S/C10H10F11I/c1-3-5(2,22)4-6(11,9(16,17)18)7(12,13)8(14,15)10(19,20)21/h3-4H2,1-2H3. The van der Waals surface area contributed by atoms with E-state index in [1.165, 1.54) is 0 Å². The molecule has 2 atom stereocenters. The Morgan fingerprint density at radius 3 is 1.27 bits per heavy atom. The third-order valence-corrected chi connectivity index (χ3v) is 4.19. The molecule has 0 heterocycles. The summed E-state index contributed by atoms with van der Waals surface area (Å²) >= 11 is 1.09. The molecule has 0 aliphatic rings. The van der Waals surface area contributed by atoms with E-state index in [-0.39, 0.29) is 6.42 Å². The molecule has 22 heavy (non-hydrogen) atoms. The summed E-state index contributed by atoms with van der Waals surface area (Å²) in [6.45, 7) is 1.97. The zero-order valence-corrected chi connectivity index (χ0v) is 13.1. The van der Waals surface area contributed by atoms with Crippen molar-refractivity contribution in [1.29, 1.82) is 0 Å². The number of rotatable bonds is 5. The van der Waals surface area contributed by atoms with Crippen molar-refractivity contribution < 1.29 is 48.3 Å². The van der Waals surface area contributed by atoms with Crippen LogP contribution in [0.25, 0.3) is 0 Å². The van der Waals surface area contributed by atoms with Gasteiger partial charge in [-0.25, -0.2) is 4.39 Å². The van der Waals surface area contributed by atoms with Gasteiger partial charge in [0, 0.05) is 9.84 Å². The normalized spacial score (nSPS) is 20.5. The summed E-state index contributed by atoms with van der Waals surface area (Å²) in [5, 5.41) is 0. The van der Waals surface area contributed by atoms with E-state index >= 15 is 0 Å². The molecule has 0 spiro atoms. The van der Waals surface area contributed by atoms with Crippen LogP contribution in [0.1, 0.15) is 26.7 Å². The molecule has 0 nitrogen and oxygen atoms in total. The van der Waals surface area contributed by atoms with Crippen LogP contribution in [0, 0.1) is 0 Å². The Hall–Kier alpha value is -0.0400. The molecule has 0 aliphatic carbocycles. The molecule has 0 saturated heterocycles. The number of hydrogen-bond acceptors (Lipinski definition) is 0. The van der Waals surface area contributed by atoms with Gasteiger partial charge in [0.25, 0.3) is 5.67 Å².